The molecule has 0 aromatic carbocycles. The fraction of sp³-hybridized carbons (Fsp3) is 0.333. The number of aliphatic carboxylic acids is 1. The molecule has 1 heterocycles. The molecule has 76 valence electrons. The van der Waals surface area contributed by atoms with E-state index in [0.717, 1.165) is 5.56 Å². The van der Waals surface area contributed by atoms with Crippen molar-refractivity contribution in [3.05, 3.63) is 23.9 Å². The van der Waals surface area contributed by atoms with Crippen LogP contribution in [0, 0.1) is 0 Å². The molecule has 0 saturated heterocycles. The second-order valence-corrected chi connectivity index (χ2v) is 3.64. The van der Waals surface area contributed by atoms with Crippen molar-refractivity contribution in [1.29, 1.82) is 0 Å². The van der Waals surface area contributed by atoms with Crippen LogP contribution in [0.5, 0.6) is 0 Å². The average Bonchev–Trinajstić information content (AvgIpc) is 2.16. The highest BCUT2D eigenvalue weighted by molar-refractivity contribution is 7.81. The number of carboxylic acids is 1. The first-order valence-electron chi connectivity index (χ1n) is 4.14. The number of hydrogen-bond acceptors (Lipinski definition) is 4. The first kappa shape index (κ1) is 10.8. The molecule has 2 atom stereocenters. The Balaban J connectivity index is 2.84. The summed E-state index contributed by atoms with van der Waals surface area (Å²) in [6.45, 7) is 1.79. The van der Waals surface area contributed by atoms with Crippen LogP contribution in [-0.2, 0) is 4.79 Å². The molecule has 2 unspecified atom stereocenters. The molecule has 0 aliphatic rings. The van der Waals surface area contributed by atoms with Crippen molar-refractivity contribution in [2.24, 2.45) is 0 Å². The van der Waals surface area contributed by atoms with Crippen molar-refractivity contribution in [3.63, 3.8) is 0 Å². The Kier molecular flexibility index (Phi) is 3.35. The summed E-state index contributed by atoms with van der Waals surface area (Å²) in [5.41, 5.74) is 6.24. The van der Waals surface area contributed by atoms with Crippen LogP contribution in [0.1, 0.15) is 18.4 Å². The number of rotatable bonds is 3. The number of carbonyl (C=O) groups is 1. The quantitative estimate of drug-likeness (QED) is 0.657. The summed E-state index contributed by atoms with van der Waals surface area (Å²) in [6.07, 6.45) is 1.58. The van der Waals surface area contributed by atoms with E-state index in [4.69, 9.17) is 10.8 Å². The number of nitrogens with two attached hydrogens (primary N) is 1. The van der Waals surface area contributed by atoms with Gasteiger partial charge in [-0.05, 0) is 11.6 Å². The van der Waals surface area contributed by atoms with Gasteiger partial charge in [-0.25, -0.2) is 4.98 Å². The number of nitrogens with zero attached hydrogens (tertiary/aromatic N) is 1. The number of thiol groups is 1. The maximum absolute atomic E-state index is 10.7. The minimum atomic E-state index is -0.933. The molecule has 1 aromatic heterocycles. The third-order valence-corrected chi connectivity index (χ3v) is 2.73. The molecule has 3 N–H and O–H groups in total. The molecule has 4 nitrogen and oxygen atoms in total. The van der Waals surface area contributed by atoms with Crippen molar-refractivity contribution < 1.29 is 9.90 Å². The van der Waals surface area contributed by atoms with Crippen LogP contribution in [0.4, 0.5) is 5.82 Å². The summed E-state index contributed by atoms with van der Waals surface area (Å²) in [7, 11) is 0. The summed E-state index contributed by atoms with van der Waals surface area (Å²) in [5, 5.41) is 8.03. The standard InChI is InChI=1S/C9H12N2O2S/c1-5(8(14)9(12)13)6-2-3-7(10)11-4-6/h2-5,8,14H,1H3,(H2,10,11)(H,12,13). The summed E-state index contributed by atoms with van der Waals surface area (Å²) in [4.78, 5) is 14.6. The van der Waals surface area contributed by atoms with Crippen LogP contribution >= 0.6 is 12.6 Å². The van der Waals surface area contributed by atoms with Crippen molar-refractivity contribution in [1.82, 2.24) is 4.98 Å². The lowest BCUT2D eigenvalue weighted by molar-refractivity contribution is -0.136. The smallest absolute Gasteiger partial charge is 0.316 e. The molecule has 0 fully saturated rings. The Labute approximate surface area is 87.6 Å². The van der Waals surface area contributed by atoms with E-state index in [2.05, 4.69) is 17.6 Å². The number of nitrogen functional groups attached to an aromatic ring is 1. The van der Waals surface area contributed by atoms with E-state index >= 15 is 0 Å². The summed E-state index contributed by atoms with van der Waals surface area (Å²) in [5.74, 6) is -0.700. The molecule has 14 heavy (non-hydrogen) atoms. The van der Waals surface area contributed by atoms with Crippen molar-refractivity contribution in [2.75, 3.05) is 5.73 Å². The Bertz CT molecular complexity index is 326. The monoisotopic (exact) mass is 212 g/mol. The lowest BCUT2D eigenvalue weighted by Gasteiger charge is -2.14. The van der Waals surface area contributed by atoms with Crippen LogP contribution in [0.15, 0.2) is 18.3 Å². The van der Waals surface area contributed by atoms with Gasteiger partial charge in [0.1, 0.15) is 11.1 Å². The van der Waals surface area contributed by atoms with Crippen molar-refractivity contribution >= 4 is 24.4 Å². The molecular formula is C9H12N2O2S. The number of aromatic nitrogens is 1. The highest BCUT2D eigenvalue weighted by atomic mass is 32.1. The molecule has 1 rings (SSSR count). The molecule has 5 heteroatoms. The Hall–Kier alpha value is -1.23. The SMILES string of the molecule is CC(c1ccc(N)nc1)C(S)C(=O)O. The van der Waals surface area contributed by atoms with Crippen LogP contribution < -0.4 is 5.73 Å². The third kappa shape index (κ3) is 2.38. The van der Waals surface area contributed by atoms with Crippen LogP contribution in [0.25, 0.3) is 0 Å². The minimum absolute atomic E-state index is 0.191. The number of hydrogen-bond donors (Lipinski definition) is 3. The van der Waals surface area contributed by atoms with Crippen LogP contribution in [0.2, 0.25) is 0 Å². The van der Waals surface area contributed by atoms with Gasteiger partial charge in [-0.15, -0.1) is 0 Å². The Morgan fingerprint density at radius 2 is 2.29 bits per heavy atom. The van der Waals surface area contributed by atoms with Gasteiger partial charge < -0.3 is 10.8 Å². The normalized spacial score (nSPS) is 14.7. The largest absolute Gasteiger partial charge is 0.480 e. The number of pyridine rings is 1. The molecule has 1 aromatic rings. The third-order valence-electron chi connectivity index (χ3n) is 2.06. The number of carboxylic acid groups (broad SMARTS) is 1. The summed E-state index contributed by atoms with van der Waals surface area (Å²) >= 11 is 4.00. The Morgan fingerprint density at radius 3 is 2.71 bits per heavy atom. The van der Waals surface area contributed by atoms with Gasteiger partial charge in [0, 0.05) is 12.1 Å². The zero-order chi connectivity index (χ0) is 10.7. The highest BCUT2D eigenvalue weighted by Crippen LogP contribution is 2.22. The van der Waals surface area contributed by atoms with Gasteiger partial charge in [0.2, 0.25) is 0 Å². The van der Waals surface area contributed by atoms with E-state index in [1.54, 1.807) is 25.3 Å². The van der Waals surface area contributed by atoms with Gasteiger partial charge in [0.15, 0.2) is 0 Å². The summed E-state index contributed by atoms with van der Waals surface area (Å²) in [6, 6.07) is 3.41. The van der Waals surface area contributed by atoms with Crippen LogP contribution in [-0.4, -0.2) is 21.3 Å². The fourth-order valence-corrected chi connectivity index (χ4v) is 1.25. The minimum Gasteiger partial charge on any atom is -0.480 e. The Morgan fingerprint density at radius 1 is 1.64 bits per heavy atom. The molecule has 0 amide bonds. The first-order chi connectivity index (χ1) is 6.52. The maximum atomic E-state index is 10.7. The topological polar surface area (TPSA) is 76.2 Å². The van der Waals surface area contributed by atoms with E-state index in [1.807, 2.05) is 0 Å². The second kappa shape index (κ2) is 4.32. The van der Waals surface area contributed by atoms with Gasteiger partial charge >= 0.3 is 5.97 Å². The van der Waals surface area contributed by atoms with E-state index in [0.29, 0.717) is 5.82 Å². The first-order valence-corrected chi connectivity index (χ1v) is 4.66. The molecule has 0 radical (unpaired) electrons. The molecule has 0 saturated carbocycles. The number of anilines is 1. The molecule has 0 aliphatic heterocycles. The van der Waals surface area contributed by atoms with Gasteiger partial charge in [0.05, 0.1) is 0 Å². The van der Waals surface area contributed by atoms with E-state index < -0.39 is 11.2 Å². The fourth-order valence-electron chi connectivity index (χ4n) is 1.08. The molecular weight excluding hydrogens is 200 g/mol. The van der Waals surface area contributed by atoms with Crippen molar-refractivity contribution in [2.45, 2.75) is 18.1 Å². The molecule has 0 aliphatic carbocycles. The zero-order valence-corrected chi connectivity index (χ0v) is 8.61. The zero-order valence-electron chi connectivity index (χ0n) is 7.71. The second-order valence-electron chi connectivity index (χ2n) is 3.09. The van der Waals surface area contributed by atoms with Gasteiger partial charge in [-0.3, -0.25) is 4.79 Å². The van der Waals surface area contributed by atoms with Crippen LogP contribution in [0.3, 0.4) is 0 Å². The predicted octanol–water partition coefficient (Wildman–Crippen LogP) is 1.15. The summed E-state index contributed by atoms with van der Waals surface area (Å²) < 4.78 is 0. The maximum Gasteiger partial charge on any atom is 0.316 e. The van der Waals surface area contributed by atoms with Gasteiger partial charge in [-0.1, -0.05) is 13.0 Å². The van der Waals surface area contributed by atoms with Gasteiger partial charge in [0.25, 0.3) is 0 Å². The lowest BCUT2D eigenvalue weighted by atomic mass is 9.99. The average molecular weight is 212 g/mol. The highest BCUT2D eigenvalue weighted by Gasteiger charge is 2.21. The van der Waals surface area contributed by atoms with E-state index in [-0.39, 0.29) is 5.92 Å². The predicted molar refractivity (Wildman–Crippen MR) is 57.5 cm³/mol. The van der Waals surface area contributed by atoms with E-state index in [9.17, 15) is 4.79 Å². The van der Waals surface area contributed by atoms with Crippen molar-refractivity contribution in [3.8, 4) is 0 Å². The van der Waals surface area contributed by atoms with Gasteiger partial charge in [-0.2, -0.15) is 12.6 Å². The molecule has 0 spiro atoms. The van der Waals surface area contributed by atoms with E-state index in [1.165, 1.54) is 0 Å². The lowest BCUT2D eigenvalue weighted by Crippen LogP contribution is -2.20. The molecule has 0 bridgehead atoms.